The second-order valence-corrected chi connectivity index (χ2v) is 11.2. The molecule has 32 heavy (non-hydrogen) atoms. The molecule has 0 amide bonds. The minimum atomic E-state index is -0.520. The van der Waals surface area contributed by atoms with Gasteiger partial charge in [0.25, 0.3) is 0 Å². The molecule has 180 valence electrons. The molecule has 0 aromatic carbocycles. The fourth-order valence-corrected chi connectivity index (χ4v) is 8.18. The summed E-state index contributed by atoms with van der Waals surface area (Å²) in [6, 6.07) is 0. The van der Waals surface area contributed by atoms with E-state index in [2.05, 4.69) is 13.8 Å². The number of hydrogen-bond donors (Lipinski definition) is 1. The predicted molar refractivity (Wildman–Crippen MR) is 115 cm³/mol. The molecule has 0 aromatic rings. The third kappa shape index (κ3) is 3.74. The molecule has 4 saturated carbocycles. The Balaban J connectivity index is 1.77. The Morgan fingerprint density at radius 1 is 0.781 bits per heavy atom. The van der Waals surface area contributed by atoms with Gasteiger partial charge in [-0.2, -0.15) is 0 Å². The third-order valence-corrected chi connectivity index (χ3v) is 9.56. The molecule has 7 nitrogen and oxygen atoms in total. The monoisotopic (exact) mass is 450 g/mol. The van der Waals surface area contributed by atoms with Gasteiger partial charge < -0.3 is 19.3 Å². The summed E-state index contributed by atoms with van der Waals surface area (Å²) in [6.07, 6.45) is 4.12. The SMILES string of the molecule is CC(=O)OC1CC2CC(O)CC[C@]2(C)[C@H]2CC(OC(C)=O)[C@]3(C)C(OC(C)=O)CC[C@H]3[C@H]12. The first-order valence-corrected chi connectivity index (χ1v) is 12.2. The van der Waals surface area contributed by atoms with E-state index in [4.69, 9.17) is 14.2 Å². The van der Waals surface area contributed by atoms with Crippen LogP contribution in [0.4, 0.5) is 0 Å². The lowest BCUT2D eigenvalue weighted by molar-refractivity contribution is -0.228. The quantitative estimate of drug-likeness (QED) is 0.520. The summed E-state index contributed by atoms with van der Waals surface area (Å²) >= 11 is 0. The number of fused-ring (bicyclic) bond motifs is 5. The first kappa shape index (κ1) is 23.5. The highest BCUT2D eigenvalue weighted by molar-refractivity contribution is 5.67. The van der Waals surface area contributed by atoms with Crippen molar-refractivity contribution in [2.45, 2.75) is 104 Å². The topological polar surface area (TPSA) is 99.1 Å². The molecule has 0 aromatic heterocycles. The number of esters is 3. The summed E-state index contributed by atoms with van der Waals surface area (Å²) in [4.78, 5) is 36.1. The standard InChI is InChI=1S/C25H38O7/c1-13(26)30-20-11-16-10-17(29)8-9-24(16,4)19-12-22(32-15(3)28)25(5)18(23(19)20)6-7-21(25)31-14(2)27/h16-23,29H,6-12H2,1-5H3/t16?,17?,18-,19-,20?,21?,22?,23-,24-,25-/m0/s1. The van der Waals surface area contributed by atoms with Crippen LogP contribution >= 0.6 is 0 Å². The van der Waals surface area contributed by atoms with Crippen LogP contribution in [0.2, 0.25) is 0 Å². The van der Waals surface area contributed by atoms with E-state index in [0.29, 0.717) is 19.3 Å². The van der Waals surface area contributed by atoms with Gasteiger partial charge in [-0.05, 0) is 68.1 Å². The van der Waals surface area contributed by atoms with Gasteiger partial charge in [-0.3, -0.25) is 14.4 Å². The second-order valence-electron chi connectivity index (χ2n) is 11.2. The van der Waals surface area contributed by atoms with Crippen LogP contribution in [0.15, 0.2) is 0 Å². The molecule has 4 rings (SSSR count). The summed E-state index contributed by atoms with van der Waals surface area (Å²) in [5.74, 6) is -0.241. The predicted octanol–water partition coefficient (Wildman–Crippen LogP) is 3.40. The lowest BCUT2D eigenvalue weighted by Crippen LogP contribution is -2.64. The van der Waals surface area contributed by atoms with Crippen molar-refractivity contribution in [2.75, 3.05) is 0 Å². The Kier molecular flexibility index (Phi) is 6.10. The van der Waals surface area contributed by atoms with Crippen molar-refractivity contribution in [3.05, 3.63) is 0 Å². The van der Waals surface area contributed by atoms with Crippen LogP contribution in [-0.2, 0) is 28.6 Å². The van der Waals surface area contributed by atoms with Crippen molar-refractivity contribution < 1.29 is 33.7 Å². The number of hydrogen-bond acceptors (Lipinski definition) is 7. The minimum Gasteiger partial charge on any atom is -0.462 e. The lowest BCUT2D eigenvalue weighted by atomic mass is 9.43. The third-order valence-electron chi connectivity index (χ3n) is 9.56. The maximum Gasteiger partial charge on any atom is 0.302 e. The van der Waals surface area contributed by atoms with Crippen molar-refractivity contribution in [3.63, 3.8) is 0 Å². The average Bonchev–Trinajstić information content (AvgIpc) is 3.00. The van der Waals surface area contributed by atoms with E-state index >= 15 is 0 Å². The first-order valence-electron chi connectivity index (χ1n) is 12.2. The number of rotatable bonds is 3. The van der Waals surface area contributed by atoms with E-state index in [0.717, 1.165) is 25.7 Å². The van der Waals surface area contributed by atoms with E-state index in [1.807, 2.05) is 0 Å². The highest BCUT2D eigenvalue weighted by Gasteiger charge is 2.68. The van der Waals surface area contributed by atoms with Crippen LogP contribution in [0.1, 0.15) is 79.6 Å². The molecule has 0 spiro atoms. The Hall–Kier alpha value is -1.63. The molecule has 0 saturated heterocycles. The number of carbonyl (C=O) groups excluding carboxylic acids is 3. The molecule has 0 aliphatic heterocycles. The molecule has 4 fully saturated rings. The molecular formula is C25H38O7. The molecule has 5 unspecified atom stereocenters. The summed E-state index contributed by atoms with van der Waals surface area (Å²) in [5.41, 5.74) is -0.534. The second kappa shape index (κ2) is 8.30. The number of aliphatic hydroxyl groups is 1. The average molecular weight is 451 g/mol. The highest BCUT2D eigenvalue weighted by Crippen LogP contribution is 2.67. The van der Waals surface area contributed by atoms with Gasteiger partial charge >= 0.3 is 17.9 Å². The Morgan fingerprint density at radius 3 is 2.03 bits per heavy atom. The summed E-state index contributed by atoms with van der Waals surface area (Å²) in [7, 11) is 0. The van der Waals surface area contributed by atoms with Gasteiger partial charge in [-0.15, -0.1) is 0 Å². The largest absolute Gasteiger partial charge is 0.462 e. The molecule has 7 heteroatoms. The molecule has 1 N–H and O–H groups in total. The van der Waals surface area contributed by atoms with Crippen LogP contribution in [0.25, 0.3) is 0 Å². The van der Waals surface area contributed by atoms with E-state index in [-0.39, 0.29) is 71.4 Å². The summed E-state index contributed by atoms with van der Waals surface area (Å²) in [5, 5.41) is 10.4. The first-order chi connectivity index (χ1) is 15.0. The normalized spacial score (nSPS) is 47.4. The van der Waals surface area contributed by atoms with E-state index in [1.54, 1.807) is 0 Å². The van der Waals surface area contributed by atoms with E-state index in [1.165, 1.54) is 20.8 Å². The zero-order valence-electron chi connectivity index (χ0n) is 20.0. The fourth-order valence-electron chi connectivity index (χ4n) is 8.18. The molecule has 0 radical (unpaired) electrons. The summed E-state index contributed by atoms with van der Waals surface area (Å²) in [6.45, 7) is 8.72. The smallest absolute Gasteiger partial charge is 0.302 e. The highest BCUT2D eigenvalue weighted by atomic mass is 16.6. The molecule has 10 atom stereocenters. The number of aliphatic hydroxyl groups excluding tert-OH is 1. The van der Waals surface area contributed by atoms with Gasteiger partial charge in [-0.25, -0.2) is 0 Å². The van der Waals surface area contributed by atoms with Crippen molar-refractivity contribution in [3.8, 4) is 0 Å². The van der Waals surface area contributed by atoms with Crippen LogP contribution in [0.5, 0.6) is 0 Å². The molecule has 0 bridgehead atoms. The Bertz CT molecular complexity index is 780. The summed E-state index contributed by atoms with van der Waals surface area (Å²) < 4.78 is 17.6. The zero-order chi connectivity index (χ0) is 23.4. The van der Waals surface area contributed by atoms with Crippen LogP contribution in [0, 0.1) is 34.5 Å². The fraction of sp³-hybridized carbons (Fsp3) is 0.880. The van der Waals surface area contributed by atoms with E-state index in [9.17, 15) is 19.5 Å². The van der Waals surface area contributed by atoms with Crippen molar-refractivity contribution >= 4 is 17.9 Å². The van der Waals surface area contributed by atoms with Gasteiger partial charge in [0.1, 0.15) is 18.3 Å². The van der Waals surface area contributed by atoms with Crippen LogP contribution in [-0.4, -0.2) is 47.4 Å². The van der Waals surface area contributed by atoms with Crippen LogP contribution < -0.4 is 0 Å². The maximum atomic E-state index is 12.1. The van der Waals surface area contributed by atoms with Crippen molar-refractivity contribution in [1.29, 1.82) is 0 Å². The molecule has 4 aliphatic rings. The Labute approximate surface area is 190 Å². The van der Waals surface area contributed by atoms with Gasteiger partial charge in [0.05, 0.1) is 6.10 Å². The van der Waals surface area contributed by atoms with Gasteiger partial charge in [0.2, 0.25) is 0 Å². The maximum absolute atomic E-state index is 12.1. The lowest BCUT2D eigenvalue weighted by Gasteiger charge is -2.63. The van der Waals surface area contributed by atoms with Gasteiger partial charge in [0.15, 0.2) is 0 Å². The van der Waals surface area contributed by atoms with Gasteiger partial charge in [-0.1, -0.05) is 13.8 Å². The van der Waals surface area contributed by atoms with Crippen molar-refractivity contribution in [2.24, 2.45) is 34.5 Å². The minimum absolute atomic E-state index is 0.0141. The van der Waals surface area contributed by atoms with E-state index < -0.39 is 5.41 Å². The number of carbonyl (C=O) groups is 3. The van der Waals surface area contributed by atoms with Crippen molar-refractivity contribution in [1.82, 2.24) is 0 Å². The Morgan fingerprint density at radius 2 is 1.41 bits per heavy atom. The number of ether oxygens (including phenoxy) is 3. The molecule has 4 aliphatic carbocycles. The molecular weight excluding hydrogens is 412 g/mol. The molecule has 0 heterocycles. The van der Waals surface area contributed by atoms with Crippen LogP contribution in [0.3, 0.4) is 0 Å². The van der Waals surface area contributed by atoms with Gasteiger partial charge in [0, 0.05) is 32.1 Å². The zero-order valence-corrected chi connectivity index (χ0v) is 20.0.